The van der Waals surface area contributed by atoms with Gasteiger partial charge >= 0.3 is 0 Å². The van der Waals surface area contributed by atoms with Gasteiger partial charge in [0.05, 0.1) is 18.5 Å². The number of rotatable bonds is 5. The fourth-order valence-corrected chi connectivity index (χ4v) is 1.87. The van der Waals surface area contributed by atoms with Crippen LogP contribution in [0.1, 0.15) is 6.42 Å². The molecule has 0 saturated carbocycles. The van der Waals surface area contributed by atoms with E-state index < -0.39 is 0 Å². The van der Waals surface area contributed by atoms with Crippen molar-refractivity contribution in [2.75, 3.05) is 20.7 Å². The standard InChI is InChI=1S/C15H17N3O/c1-18(2)13(8-9-16)11-19-14-7-3-5-12-6-4-10-17-15(12)14/h3-7,10,13H,8,11H2,1-2H3. The largest absolute Gasteiger partial charge is 0.490 e. The van der Waals surface area contributed by atoms with Gasteiger partial charge in [0, 0.05) is 11.6 Å². The van der Waals surface area contributed by atoms with Crippen LogP contribution in [0, 0.1) is 11.3 Å². The van der Waals surface area contributed by atoms with Crippen LogP contribution in [0.25, 0.3) is 10.9 Å². The van der Waals surface area contributed by atoms with Crippen LogP contribution in [0.3, 0.4) is 0 Å². The summed E-state index contributed by atoms with van der Waals surface area (Å²) in [6.07, 6.45) is 2.21. The maximum Gasteiger partial charge on any atom is 0.145 e. The van der Waals surface area contributed by atoms with Crippen LogP contribution >= 0.6 is 0 Å². The fourth-order valence-electron chi connectivity index (χ4n) is 1.87. The monoisotopic (exact) mass is 255 g/mol. The van der Waals surface area contributed by atoms with E-state index in [4.69, 9.17) is 10.00 Å². The quantitative estimate of drug-likeness (QED) is 0.823. The summed E-state index contributed by atoms with van der Waals surface area (Å²) in [6.45, 7) is 0.482. The zero-order valence-corrected chi connectivity index (χ0v) is 11.2. The highest BCUT2D eigenvalue weighted by molar-refractivity contribution is 5.84. The van der Waals surface area contributed by atoms with Gasteiger partial charge in [-0.3, -0.25) is 4.98 Å². The molecule has 0 aliphatic heterocycles. The van der Waals surface area contributed by atoms with Crippen LogP contribution in [0.2, 0.25) is 0 Å². The van der Waals surface area contributed by atoms with Gasteiger partial charge in [0.15, 0.2) is 0 Å². The lowest BCUT2D eigenvalue weighted by Gasteiger charge is -2.22. The van der Waals surface area contributed by atoms with Crippen molar-refractivity contribution in [1.29, 1.82) is 5.26 Å². The molecule has 4 nitrogen and oxygen atoms in total. The van der Waals surface area contributed by atoms with Crippen molar-refractivity contribution in [2.24, 2.45) is 0 Å². The predicted molar refractivity (Wildman–Crippen MR) is 74.9 cm³/mol. The molecule has 2 rings (SSSR count). The van der Waals surface area contributed by atoms with E-state index in [1.54, 1.807) is 6.20 Å². The van der Waals surface area contributed by atoms with Gasteiger partial charge in [-0.1, -0.05) is 18.2 Å². The molecule has 1 unspecified atom stereocenters. The molecule has 0 radical (unpaired) electrons. The highest BCUT2D eigenvalue weighted by Gasteiger charge is 2.12. The summed E-state index contributed by atoms with van der Waals surface area (Å²) in [5.74, 6) is 0.767. The SMILES string of the molecule is CN(C)C(CC#N)COc1cccc2cccnc12. The van der Waals surface area contributed by atoms with Crippen molar-refractivity contribution in [3.8, 4) is 11.8 Å². The molecule has 0 spiro atoms. The minimum atomic E-state index is 0.0870. The van der Waals surface area contributed by atoms with Crippen molar-refractivity contribution in [3.63, 3.8) is 0 Å². The van der Waals surface area contributed by atoms with Crippen LogP contribution in [-0.2, 0) is 0 Å². The van der Waals surface area contributed by atoms with Crippen LogP contribution in [-0.4, -0.2) is 36.6 Å². The number of nitrogens with zero attached hydrogens (tertiary/aromatic N) is 3. The zero-order chi connectivity index (χ0) is 13.7. The fraction of sp³-hybridized carbons (Fsp3) is 0.333. The number of hydrogen-bond donors (Lipinski definition) is 0. The number of para-hydroxylation sites is 1. The van der Waals surface area contributed by atoms with Gasteiger partial charge < -0.3 is 9.64 Å². The molecule has 0 saturated heterocycles. The smallest absolute Gasteiger partial charge is 0.145 e. The Morgan fingerprint density at radius 1 is 1.32 bits per heavy atom. The Hall–Kier alpha value is -2.12. The van der Waals surface area contributed by atoms with Crippen molar-refractivity contribution >= 4 is 10.9 Å². The second-order valence-corrected chi connectivity index (χ2v) is 4.62. The van der Waals surface area contributed by atoms with E-state index >= 15 is 0 Å². The van der Waals surface area contributed by atoms with E-state index in [0.717, 1.165) is 16.7 Å². The van der Waals surface area contributed by atoms with Crippen LogP contribution in [0.5, 0.6) is 5.75 Å². The number of pyridine rings is 1. The Balaban J connectivity index is 2.15. The predicted octanol–water partition coefficient (Wildman–Crippen LogP) is 2.46. The molecule has 1 atom stereocenters. The van der Waals surface area contributed by atoms with Crippen molar-refractivity contribution < 1.29 is 4.74 Å². The molecular weight excluding hydrogens is 238 g/mol. The number of ether oxygens (including phenoxy) is 1. The van der Waals surface area contributed by atoms with E-state index in [2.05, 4.69) is 11.1 Å². The van der Waals surface area contributed by atoms with E-state index in [1.165, 1.54) is 0 Å². The Kier molecular flexibility index (Phi) is 4.32. The molecule has 2 aromatic rings. The average molecular weight is 255 g/mol. The van der Waals surface area contributed by atoms with Crippen LogP contribution < -0.4 is 4.74 Å². The third-order valence-electron chi connectivity index (χ3n) is 3.08. The summed E-state index contributed by atoms with van der Waals surface area (Å²) in [4.78, 5) is 6.35. The summed E-state index contributed by atoms with van der Waals surface area (Å²) in [6, 6.07) is 12.1. The molecule has 1 heterocycles. The highest BCUT2D eigenvalue weighted by atomic mass is 16.5. The van der Waals surface area contributed by atoms with E-state index in [1.807, 2.05) is 49.3 Å². The Labute approximate surface area is 113 Å². The molecule has 0 fully saturated rings. The third kappa shape index (κ3) is 3.21. The molecule has 0 amide bonds. The summed E-state index contributed by atoms with van der Waals surface area (Å²) < 4.78 is 5.84. The van der Waals surface area contributed by atoms with E-state index in [9.17, 15) is 0 Å². The summed E-state index contributed by atoms with van der Waals surface area (Å²) in [7, 11) is 3.90. The van der Waals surface area contributed by atoms with Gasteiger partial charge in [-0.2, -0.15) is 5.26 Å². The first-order valence-electron chi connectivity index (χ1n) is 6.22. The number of likely N-dealkylation sites (N-methyl/N-ethyl adjacent to an activating group) is 1. The molecular formula is C15H17N3O. The molecule has 0 N–H and O–H groups in total. The number of nitriles is 1. The first-order chi connectivity index (χ1) is 9.22. The number of hydrogen-bond acceptors (Lipinski definition) is 4. The number of benzene rings is 1. The van der Waals surface area contributed by atoms with Gasteiger partial charge in [0.25, 0.3) is 0 Å². The minimum Gasteiger partial charge on any atom is -0.490 e. The molecule has 4 heteroatoms. The Morgan fingerprint density at radius 2 is 2.11 bits per heavy atom. The summed E-state index contributed by atoms with van der Waals surface area (Å²) in [5.41, 5.74) is 0.861. The average Bonchev–Trinajstić information content (AvgIpc) is 2.43. The lowest BCUT2D eigenvalue weighted by atomic mass is 10.2. The Morgan fingerprint density at radius 3 is 2.84 bits per heavy atom. The lowest BCUT2D eigenvalue weighted by molar-refractivity contribution is 0.189. The molecule has 1 aromatic carbocycles. The Bertz CT molecular complexity index is 584. The lowest BCUT2D eigenvalue weighted by Crippen LogP contribution is -2.33. The maximum absolute atomic E-state index is 8.81. The molecule has 19 heavy (non-hydrogen) atoms. The highest BCUT2D eigenvalue weighted by Crippen LogP contribution is 2.23. The minimum absolute atomic E-state index is 0.0870. The third-order valence-corrected chi connectivity index (χ3v) is 3.08. The first kappa shape index (κ1) is 13.3. The zero-order valence-electron chi connectivity index (χ0n) is 11.2. The van der Waals surface area contributed by atoms with E-state index in [-0.39, 0.29) is 6.04 Å². The summed E-state index contributed by atoms with van der Waals surface area (Å²) in [5, 5.41) is 9.87. The van der Waals surface area contributed by atoms with Gasteiger partial charge in [-0.15, -0.1) is 0 Å². The molecule has 0 aliphatic rings. The van der Waals surface area contributed by atoms with Gasteiger partial charge in [-0.05, 0) is 26.2 Å². The molecule has 1 aromatic heterocycles. The van der Waals surface area contributed by atoms with Crippen molar-refractivity contribution in [1.82, 2.24) is 9.88 Å². The normalized spacial score (nSPS) is 12.3. The van der Waals surface area contributed by atoms with Gasteiger partial charge in [0.2, 0.25) is 0 Å². The topological polar surface area (TPSA) is 49.2 Å². The van der Waals surface area contributed by atoms with Gasteiger partial charge in [0.1, 0.15) is 17.9 Å². The number of fused-ring (bicyclic) bond motifs is 1. The summed E-state index contributed by atoms with van der Waals surface area (Å²) >= 11 is 0. The number of aromatic nitrogens is 1. The second kappa shape index (κ2) is 6.17. The van der Waals surface area contributed by atoms with Crippen molar-refractivity contribution in [2.45, 2.75) is 12.5 Å². The van der Waals surface area contributed by atoms with Gasteiger partial charge in [-0.25, -0.2) is 0 Å². The van der Waals surface area contributed by atoms with E-state index in [0.29, 0.717) is 13.0 Å². The second-order valence-electron chi connectivity index (χ2n) is 4.62. The van der Waals surface area contributed by atoms with Crippen LogP contribution in [0.15, 0.2) is 36.5 Å². The first-order valence-corrected chi connectivity index (χ1v) is 6.22. The molecule has 0 aliphatic carbocycles. The maximum atomic E-state index is 8.81. The molecule has 0 bridgehead atoms. The van der Waals surface area contributed by atoms with Crippen molar-refractivity contribution in [3.05, 3.63) is 36.5 Å². The molecule has 98 valence electrons. The van der Waals surface area contributed by atoms with Crippen LogP contribution in [0.4, 0.5) is 0 Å².